The van der Waals surface area contributed by atoms with Gasteiger partial charge in [-0.2, -0.15) is 0 Å². The molecule has 0 saturated carbocycles. The molecule has 0 atom stereocenters. The summed E-state index contributed by atoms with van der Waals surface area (Å²) in [5.74, 6) is 0.858. The van der Waals surface area contributed by atoms with E-state index in [-0.39, 0.29) is 0 Å². The zero-order valence-electron chi connectivity index (χ0n) is 12.0. The fourth-order valence-electron chi connectivity index (χ4n) is 2.44. The van der Waals surface area contributed by atoms with Gasteiger partial charge < -0.3 is 10.1 Å². The first-order chi connectivity index (χ1) is 9.49. The van der Waals surface area contributed by atoms with Crippen molar-refractivity contribution >= 4 is 10.0 Å². The molecule has 0 bridgehead atoms. The summed E-state index contributed by atoms with van der Waals surface area (Å²) in [6.45, 7) is 1.99. The van der Waals surface area contributed by atoms with Gasteiger partial charge in [0.15, 0.2) is 0 Å². The highest BCUT2D eigenvalue weighted by molar-refractivity contribution is 7.88. The zero-order chi connectivity index (χ0) is 14.6. The number of benzene rings is 1. The number of nitrogens with one attached hydrogen (secondary N) is 1. The topological polar surface area (TPSA) is 58.6 Å². The first-order valence-corrected chi connectivity index (χ1v) is 8.65. The molecular weight excluding hydrogens is 276 g/mol. The van der Waals surface area contributed by atoms with E-state index in [1.165, 1.54) is 11.8 Å². The van der Waals surface area contributed by atoms with Crippen molar-refractivity contribution in [3.05, 3.63) is 29.8 Å². The van der Waals surface area contributed by atoms with Crippen molar-refractivity contribution < 1.29 is 13.2 Å². The van der Waals surface area contributed by atoms with Crippen LogP contribution in [0.1, 0.15) is 18.4 Å². The molecule has 1 aliphatic heterocycles. The van der Waals surface area contributed by atoms with E-state index in [1.807, 2.05) is 18.2 Å². The van der Waals surface area contributed by atoms with Crippen LogP contribution >= 0.6 is 0 Å². The zero-order valence-corrected chi connectivity index (χ0v) is 12.8. The summed E-state index contributed by atoms with van der Waals surface area (Å²) in [5.41, 5.74) is 1.18. The minimum absolute atomic E-state index is 0.374. The van der Waals surface area contributed by atoms with Crippen LogP contribution in [0.15, 0.2) is 24.3 Å². The Morgan fingerprint density at radius 2 is 2.05 bits per heavy atom. The molecule has 1 fully saturated rings. The van der Waals surface area contributed by atoms with Gasteiger partial charge in [-0.1, -0.05) is 12.1 Å². The SMILES string of the molecule is COc1cccc(CNC2CCN(S(C)(=O)=O)CC2)c1. The van der Waals surface area contributed by atoms with Crippen molar-refractivity contribution in [1.29, 1.82) is 0 Å². The number of rotatable bonds is 5. The predicted molar refractivity (Wildman–Crippen MR) is 79.3 cm³/mol. The lowest BCUT2D eigenvalue weighted by atomic mass is 10.1. The predicted octanol–water partition coefficient (Wildman–Crippen LogP) is 1.21. The molecule has 1 aromatic rings. The van der Waals surface area contributed by atoms with Crippen LogP contribution in [-0.4, -0.2) is 45.2 Å². The summed E-state index contributed by atoms with van der Waals surface area (Å²) in [7, 11) is -1.38. The molecule has 1 saturated heterocycles. The molecule has 0 aromatic heterocycles. The number of piperidine rings is 1. The van der Waals surface area contributed by atoms with Crippen LogP contribution in [0.2, 0.25) is 0 Å². The Labute approximate surface area is 121 Å². The van der Waals surface area contributed by atoms with Crippen molar-refractivity contribution in [2.45, 2.75) is 25.4 Å². The second-order valence-corrected chi connectivity index (χ2v) is 7.15. The molecule has 0 aliphatic carbocycles. The van der Waals surface area contributed by atoms with E-state index in [2.05, 4.69) is 11.4 Å². The highest BCUT2D eigenvalue weighted by Gasteiger charge is 2.24. The van der Waals surface area contributed by atoms with Crippen LogP contribution in [0, 0.1) is 0 Å². The highest BCUT2D eigenvalue weighted by Crippen LogP contribution is 2.15. The maximum Gasteiger partial charge on any atom is 0.211 e. The number of methoxy groups -OCH3 is 1. The molecule has 2 rings (SSSR count). The van der Waals surface area contributed by atoms with Gasteiger partial charge in [0, 0.05) is 25.7 Å². The minimum Gasteiger partial charge on any atom is -0.497 e. The van der Waals surface area contributed by atoms with Crippen molar-refractivity contribution in [3.63, 3.8) is 0 Å². The van der Waals surface area contributed by atoms with Crippen LogP contribution in [-0.2, 0) is 16.6 Å². The van der Waals surface area contributed by atoms with Gasteiger partial charge in [-0.25, -0.2) is 12.7 Å². The summed E-state index contributed by atoms with van der Waals surface area (Å²) in [6.07, 6.45) is 2.99. The Morgan fingerprint density at radius 3 is 2.65 bits per heavy atom. The van der Waals surface area contributed by atoms with E-state index in [4.69, 9.17) is 4.74 Å². The molecule has 6 heteroatoms. The van der Waals surface area contributed by atoms with Crippen molar-refractivity contribution in [2.24, 2.45) is 0 Å². The normalized spacial score (nSPS) is 18.1. The van der Waals surface area contributed by atoms with Gasteiger partial charge >= 0.3 is 0 Å². The van der Waals surface area contributed by atoms with Gasteiger partial charge in [-0.3, -0.25) is 0 Å². The van der Waals surface area contributed by atoms with Crippen LogP contribution in [0.3, 0.4) is 0 Å². The fraction of sp³-hybridized carbons (Fsp3) is 0.571. The van der Waals surface area contributed by atoms with E-state index in [9.17, 15) is 8.42 Å². The number of sulfonamides is 1. The first kappa shape index (κ1) is 15.3. The monoisotopic (exact) mass is 298 g/mol. The molecule has 5 nitrogen and oxygen atoms in total. The lowest BCUT2D eigenvalue weighted by Gasteiger charge is -2.30. The third-order valence-electron chi connectivity index (χ3n) is 3.65. The lowest BCUT2D eigenvalue weighted by molar-refractivity contribution is 0.290. The summed E-state index contributed by atoms with van der Waals surface area (Å²) >= 11 is 0. The van der Waals surface area contributed by atoms with E-state index in [1.54, 1.807) is 11.4 Å². The molecule has 1 aromatic carbocycles. The molecule has 0 amide bonds. The maximum absolute atomic E-state index is 11.4. The standard InChI is InChI=1S/C14H22N2O3S/c1-19-14-5-3-4-12(10-14)11-15-13-6-8-16(9-7-13)20(2,17)18/h3-5,10,13,15H,6-9,11H2,1-2H3. The molecule has 0 radical (unpaired) electrons. The average Bonchev–Trinajstić information content (AvgIpc) is 2.45. The van der Waals surface area contributed by atoms with Gasteiger partial charge in [-0.15, -0.1) is 0 Å². The van der Waals surface area contributed by atoms with Gasteiger partial charge in [0.25, 0.3) is 0 Å². The Balaban J connectivity index is 1.81. The van der Waals surface area contributed by atoms with E-state index in [0.717, 1.165) is 25.1 Å². The van der Waals surface area contributed by atoms with Crippen LogP contribution in [0.5, 0.6) is 5.75 Å². The van der Waals surface area contributed by atoms with Crippen molar-refractivity contribution in [3.8, 4) is 5.75 Å². The maximum atomic E-state index is 11.4. The summed E-state index contributed by atoms with van der Waals surface area (Å²) in [4.78, 5) is 0. The van der Waals surface area contributed by atoms with Crippen LogP contribution < -0.4 is 10.1 Å². The van der Waals surface area contributed by atoms with Gasteiger partial charge in [0.1, 0.15) is 5.75 Å². The van der Waals surface area contributed by atoms with Gasteiger partial charge in [0.05, 0.1) is 13.4 Å². The smallest absolute Gasteiger partial charge is 0.211 e. The number of nitrogens with zero attached hydrogens (tertiary/aromatic N) is 1. The third kappa shape index (κ3) is 4.19. The quantitative estimate of drug-likeness (QED) is 0.887. The molecule has 0 unspecified atom stereocenters. The molecule has 1 aliphatic rings. The first-order valence-electron chi connectivity index (χ1n) is 6.80. The van der Waals surface area contributed by atoms with Gasteiger partial charge in [0.2, 0.25) is 10.0 Å². The largest absolute Gasteiger partial charge is 0.497 e. The Bertz CT molecular complexity index is 537. The Morgan fingerprint density at radius 1 is 1.35 bits per heavy atom. The Hall–Kier alpha value is -1.11. The molecule has 1 N–H and O–H groups in total. The molecular formula is C14H22N2O3S. The lowest BCUT2D eigenvalue weighted by Crippen LogP contribution is -2.44. The number of hydrogen-bond acceptors (Lipinski definition) is 4. The van der Waals surface area contributed by atoms with E-state index >= 15 is 0 Å². The van der Waals surface area contributed by atoms with E-state index in [0.29, 0.717) is 19.1 Å². The summed E-state index contributed by atoms with van der Waals surface area (Å²) in [6, 6.07) is 8.34. The Kier molecular flexibility index (Phi) is 5.01. The van der Waals surface area contributed by atoms with Crippen molar-refractivity contribution in [2.75, 3.05) is 26.5 Å². The van der Waals surface area contributed by atoms with Crippen LogP contribution in [0.4, 0.5) is 0 Å². The van der Waals surface area contributed by atoms with E-state index < -0.39 is 10.0 Å². The fourth-order valence-corrected chi connectivity index (χ4v) is 3.31. The molecule has 1 heterocycles. The molecule has 112 valence electrons. The summed E-state index contributed by atoms with van der Waals surface area (Å²) < 4.78 is 29.6. The number of ether oxygens (including phenoxy) is 1. The average molecular weight is 298 g/mol. The molecule has 20 heavy (non-hydrogen) atoms. The van der Waals surface area contributed by atoms with Crippen molar-refractivity contribution in [1.82, 2.24) is 9.62 Å². The van der Waals surface area contributed by atoms with Crippen LogP contribution in [0.25, 0.3) is 0 Å². The minimum atomic E-state index is -3.04. The summed E-state index contributed by atoms with van der Waals surface area (Å²) in [5, 5.41) is 3.48. The number of hydrogen-bond donors (Lipinski definition) is 1. The third-order valence-corrected chi connectivity index (χ3v) is 4.96. The highest BCUT2D eigenvalue weighted by atomic mass is 32.2. The second-order valence-electron chi connectivity index (χ2n) is 5.17. The molecule has 0 spiro atoms. The second kappa shape index (κ2) is 6.56. The van der Waals surface area contributed by atoms with Gasteiger partial charge in [-0.05, 0) is 30.5 Å².